The average molecular weight is 204 g/mol. The van der Waals surface area contributed by atoms with E-state index < -0.39 is 0 Å². The lowest BCUT2D eigenvalue weighted by atomic mass is 10.2. The number of hydrogen-bond donors (Lipinski definition) is 1. The minimum atomic E-state index is 0.589. The first-order valence-electron chi connectivity index (χ1n) is 5.05. The van der Waals surface area contributed by atoms with E-state index in [1.54, 1.807) is 12.1 Å². The van der Waals surface area contributed by atoms with Gasteiger partial charge in [0.2, 0.25) is 0 Å². The van der Waals surface area contributed by atoms with Crippen LogP contribution in [0.2, 0.25) is 0 Å². The van der Waals surface area contributed by atoms with E-state index in [2.05, 4.69) is 16.0 Å². The number of nitriles is 1. The van der Waals surface area contributed by atoms with Crippen molar-refractivity contribution in [1.29, 1.82) is 5.26 Å². The van der Waals surface area contributed by atoms with Crippen LogP contribution in [-0.4, -0.2) is 24.6 Å². The van der Waals surface area contributed by atoms with Gasteiger partial charge in [-0.3, -0.25) is 0 Å². The molecule has 4 nitrogen and oxygen atoms in total. The average Bonchev–Trinajstić information content (AvgIpc) is 2.24. The highest BCUT2D eigenvalue weighted by atomic mass is 15.2. The van der Waals surface area contributed by atoms with Crippen LogP contribution in [0.1, 0.15) is 18.2 Å². The molecule has 4 heteroatoms. The third-order valence-electron chi connectivity index (χ3n) is 2.17. The van der Waals surface area contributed by atoms with Gasteiger partial charge in [0, 0.05) is 25.3 Å². The quantitative estimate of drug-likeness (QED) is 0.796. The number of aryl methyl sites for hydroxylation is 1. The highest BCUT2D eigenvalue weighted by Gasteiger charge is 2.06. The van der Waals surface area contributed by atoms with Gasteiger partial charge in [-0.15, -0.1) is 0 Å². The summed E-state index contributed by atoms with van der Waals surface area (Å²) < 4.78 is 0. The van der Waals surface area contributed by atoms with Gasteiger partial charge in [0.15, 0.2) is 0 Å². The Labute approximate surface area is 90.3 Å². The first kappa shape index (κ1) is 11.5. The molecule has 0 aliphatic rings. The summed E-state index contributed by atoms with van der Waals surface area (Å²) in [5.41, 5.74) is 7.02. The molecular weight excluding hydrogens is 188 g/mol. The third-order valence-corrected chi connectivity index (χ3v) is 2.17. The van der Waals surface area contributed by atoms with E-state index in [0.717, 1.165) is 24.6 Å². The minimum Gasteiger partial charge on any atom is -0.356 e. The summed E-state index contributed by atoms with van der Waals surface area (Å²) in [5, 5.41) is 8.85. The molecule has 0 saturated heterocycles. The van der Waals surface area contributed by atoms with Crippen LogP contribution < -0.4 is 10.6 Å². The summed E-state index contributed by atoms with van der Waals surface area (Å²) in [6.07, 6.45) is 0. The number of pyridine rings is 1. The van der Waals surface area contributed by atoms with Gasteiger partial charge in [0.25, 0.3) is 0 Å². The predicted octanol–water partition coefficient (Wildman–Crippen LogP) is 1.05. The van der Waals surface area contributed by atoms with Crippen molar-refractivity contribution in [2.24, 2.45) is 5.73 Å². The predicted molar refractivity (Wildman–Crippen MR) is 60.6 cm³/mol. The van der Waals surface area contributed by atoms with Crippen molar-refractivity contribution in [1.82, 2.24) is 4.98 Å². The Balaban J connectivity index is 3.02. The second-order valence-corrected chi connectivity index (χ2v) is 3.34. The normalized spacial score (nSPS) is 9.73. The van der Waals surface area contributed by atoms with E-state index in [9.17, 15) is 0 Å². The van der Waals surface area contributed by atoms with Gasteiger partial charge in [0.05, 0.1) is 11.6 Å². The van der Waals surface area contributed by atoms with E-state index in [0.29, 0.717) is 12.1 Å². The molecule has 2 N–H and O–H groups in total. The van der Waals surface area contributed by atoms with Crippen molar-refractivity contribution in [3.8, 4) is 6.07 Å². The van der Waals surface area contributed by atoms with Crippen LogP contribution in [0, 0.1) is 18.3 Å². The fourth-order valence-corrected chi connectivity index (χ4v) is 1.47. The van der Waals surface area contributed by atoms with Crippen LogP contribution in [0.4, 0.5) is 5.82 Å². The van der Waals surface area contributed by atoms with E-state index in [1.165, 1.54) is 0 Å². The molecule has 0 bridgehead atoms. The summed E-state index contributed by atoms with van der Waals surface area (Å²) in [6.45, 7) is 6.13. The van der Waals surface area contributed by atoms with Crippen molar-refractivity contribution in [2.45, 2.75) is 13.8 Å². The summed E-state index contributed by atoms with van der Waals surface area (Å²) in [7, 11) is 0. The highest BCUT2D eigenvalue weighted by Crippen LogP contribution is 2.13. The van der Waals surface area contributed by atoms with Gasteiger partial charge in [0.1, 0.15) is 5.82 Å². The maximum atomic E-state index is 8.85. The van der Waals surface area contributed by atoms with Crippen molar-refractivity contribution >= 4 is 5.82 Å². The maximum absolute atomic E-state index is 8.85. The molecule has 0 aromatic carbocycles. The summed E-state index contributed by atoms with van der Waals surface area (Å²) in [6, 6.07) is 5.71. The SMILES string of the molecule is CCN(CCN)c1cc(C#N)cc(C)n1. The van der Waals surface area contributed by atoms with Gasteiger partial charge in [-0.1, -0.05) is 0 Å². The number of rotatable bonds is 4. The zero-order valence-corrected chi connectivity index (χ0v) is 9.20. The molecule has 1 rings (SSSR count). The zero-order chi connectivity index (χ0) is 11.3. The summed E-state index contributed by atoms with van der Waals surface area (Å²) in [5.74, 6) is 0.833. The van der Waals surface area contributed by atoms with E-state index >= 15 is 0 Å². The van der Waals surface area contributed by atoms with Crippen LogP contribution >= 0.6 is 0 Å². The van der Waals surface area contributed by atoms with Crippen molar-refractivity contribution < 1.29 is 0 Å². The van der Waals surface area contributed by atoms with Crippen LogP contribution in [-0.2, 0) is 0 Å². The number of anilines is 1. The molecule has 0 atom stereocenters. The minimum absolute atomic E-state index is 0.589. The number of nitrogens with zero attached hydrogens (tertiary/aromatic N) is 3. The Morgan fingerprint density at radius 2 is 2.27 bits per heavy atom. The summed E-state index contributed by atoms with van der Waals surface area (Å²) in [4.78, 5) is 6.45. The molecule has 0 amide bonds. The van der Waals surface area contributed by atoms with Crippen molar-refractivity contribution in [3.05, 3.63) is 23.4 Å². The molecule has 0 fully saturated rings. The van der Waals surface area contributed by atoms with Gasteiger partial charge < -0.3 is 10.6 Å². The Morgan fingerprint density at radius 1 is 1.53 bits per heavy atom. The van der Waals surface area contributed by atoms with E-state index in [-0.39, 0.29) is 0 Å². The van der Waals surface area contributed by atoms with Gasteiger partial charge in [-0.05, 0) is 26.0 Å². The Morgan fingerprint density at radius 3 is 2.80 bits per heavy atom. The van der Waals surface area contributed by atoms with Crippen LogP contribution in [0.15, 0.2) is 12.1 Å². The van der Waals surface area contributed by atoms with Gasteiger partial charge in [-0.25, -0.2) is 4.98 Å². The Hall–Kier alpha value is -1.60. The smallest absolute Gasteiger partial charge is 0.130 e. The van der Waals surface area contributed by atoms with E-state index in [4.69, 9.17) is 11.0 Å². The van der Waals surface area contributed by atoms with Gasteiger partial charge in [-0.2, -0.15) is 5.26 Å². The number of nitrogens with two attached hydrogens (primary N) is 1. The number of hydrogen-bond acceptors (Lipinski definition) is 4. The first-order valence-corrected chi connectivity index (χ1v) is 5.05. The van der Waals surface area contributed by atoms with Crippen LogP contribution in [0.3, 0.4) is 0 Å². The first-order chi connectivity index (χ1) is 7.21. The monoisotopic (exact) mass is 204 g/mol. The molecule has 15 heavy (non-hydrogen) atoms. The number of likely N-dealkylation sites (N-methyl/N-ethyl adjacent to an activating group) is 1. The lowest BCUT2D eigenvalue weighted by Gasteiger charge is -2.21. The molecule has 0 aliphatic heterocycles. The molecule has 0 saturated carbocycles. The second kappa shape index (κ2) is 5.32. The van der Waals surface area contributed by atoms with Crippen molar-refractivity contribution in [2.75, 3.05) is 24.5 Å². The lowest BCUT2D eigenvalue weighted by Crippen LogP contribution is -2.30. The number of aromatic nitrogens is 1. The Kier molecular flexibility index (Phi) is 4.07. The maximum Gasteiger partial charge on any atom is 0.130 e. The fraction of sp³-hybridized carbons (Fsp3) is 0.455. The topological polar surface area (TPSA) is 65.9 Å². The molecule has 0 radical (unpaired) electrons. The molecule has 0 unspecified atom stereocenters. The molecule has 1 heterocycles. The highest BCUT2D eigenvalue weighted by molar-refractivity contribution is 5.46. The van der Waals surface area contributed by atoms with Crippen LogP contribution in [0.5, 0.6) is 0 Å². The fourth-order valence-electron chi connectivity index (χ4n) is 1.47. The Bertz CT molecular complexity index is 367. The standard InChI is InChI=1S/C11H16N4/c1-3-15(5-4-12)11-7-10(8-13)6-9(2)14-11/h6-7H,3-5,12H2,1-2H3. The third kappa shape index (κ3) is 2.93. The molecule has 1 aromatic rings. The summed E-state index contributed by atoms with van der Waals surface area (Å²) >= 11 is 0. The molecule has 0 aliphatic carbocycles. The molecule has 1 aromatic heterocycles. The van der Waals surface area contributed by atoms with Crippen molar-refractivity contribution in [3.63, 3.8) is 0 Å². The van der Waals surface area contributed by atoms with Gasteiger partial charge >= 0.3 is 0 Å². The molecule has 0 spiro atoms. The largest absolute Gasteiger partial charge is 0.356 e. The lowest BCUT2D eigenvalue weighted by molar-refractivity contribution is 0.799. The molecular formula is C11H16N4. The molecule has 80 valence electrons. The van der Waals surface area contributed by atoms with Crippen LogP contribution in [0.25, 0.3) is 0 Å². The second-order valence-electron chi connectivity index (χ2n) is 3.34. The zero-order valence-electron chi connectivity index (χ0n) is 9.20. The van der Waals surface area contributed by atoms with E-state index in [1.807, 2.05) is 13.8 Å².